The monoisotopic (exact) mass is 142 g/mol. The molecule has 2 heteroatoms. The molecular formula is C8H16NO. The molecule has 1 heterocycles. The van der Waals surface area contributed by atoms with Crippen molar-refractivity contribution in [3.8, 4) is 0 Å². The molecule has 0 spiro atoms. The average Bonchev–Trinajstić information content (AvgIpc) is 2.12. The van der Waals surface area contributed by atoms with E-state index in [-0.39, 0.29) is 6.10 Å². The van der Waals surface area contributed by atoms with Crippen LogP contribution in [0.15, 0.2) is 0 Å². The molecule has 2 nitrogen and oxygen atoms in total. The normalized spacial score (nSPS) is 31.2. The quantitative estimate of drug-likeness (QED) is 0.586. The molecule has 1 radical (unpaired) electrons. The Balaban J connectivity index is 2.28. The lowest BCUT2D eigenvalue weighted by Crippen LogP contribution is -2.27. The van der Waals surface area contributed by atoms with E-state index in [0.29, 0.717) is 5.92 Å². The fourth-order valence-electron chi connectivity index (χ4n) is 1.45. The molecule has 1 N–H and O–H groups in total. The van der Waals surface area contributed by atoms with Crippen molar-refractivity contribution < 1.29 is 5.11 Å². The summed E-state index contributed by atoms with van der Waals surface area (Å²) in [5, 5.41) is 14.3. The minimum atomic E-state index is -0.384. The van der Waals surface area contributed by atoms with Crippen LogP contribution in [-0.2, 0) is 5.11 Å². The third-order valence-corrected chi connectivity index (χ3v) is 2.25. The van der Waals surface area contributed by atoms with Crippen molar-refractivity contribution in [1.29, 1.82) is 0 Å². The van der Waals surface area contributed by atoms with Gasteiger partial charge >= 0.3 is 0 Å². The Bertz CT molecular complexity index is 85.3. The lowest BCUT2D eigenvalue weighted by molar-refractivity contribution is 0.0502. The van der Waals surface area contributed by atoms with E-state index in [1.165, 1.54) is 12.8 Å². The van der Waals surface area contributed by atoms with Gasteiger partial charge in [0.2, 0.25) is 0 Å². The van der Waals surface area contributed by atoms with Crippen molar-refractivity contribution in [1.82, 2.24) is 5.32 Å². The van der Waals surface area contributed by atoms with Gasteiger partial charge in [-0.05, 0) is 26.3 Å². The Morgan fingerprint density at radius 1 is 1.50 bits per heavy atom. The molecule has 0 aliphatic carbocycles. The van der Waals surface area contributed by atoms with Crippen LogP contribution < -0.4 is 5.32 Å². The van der Waals surface area contributed by atoms with Crippen molar-refractivity contribution in [2.24, 2.45) is 5.92 Å². The number of hydrogen-bond donors (Lipinski definition) is 1. The summed E-state index contributed by atoms with van der Waals surface area (Å²) in [5.41, 5.74) is 0. The van der Waals surface area contributed by atoms with Crippen LogP contribution in [0.5, 0.6) is 0 Å². The van der Waals surface area contributed by atoms with Gasteiger partial charge < -0.3 is 5.32 Å². The molecule has 2 unspecified atom stereocenters. The lowest BCUT2D eigenvalue weighted by atomic mass is 9.98. The van der Waals surface area contributed by atoms with Gasteiger partial charge in [0.05, 0.1) is 6.10 Å². The molecule has 1 aliphatic heterocycles. The molecule has 2 atom stereocenters. The van der Waals surface area contributed by atoms with E-state index >= 15 is 0 Å². The highest BCUT2D eigenvalue weighted by Crippen LogP contribution is 2.14. The van der Waals surface area contributed by atoms with E-state index in [0.717, 1.165) is 19.5 Å². The van der Waals surface area contributed by atoms with Gasteiger partial charge in [-0.3, -0.25) is 0 Å². The lowest BCUT2D eigenvalue weighted by Gasteiger charge is -2.14. The first-order valence-corrected chi connectivity index (χ1v) is 4.17. The zero-order valence-corrected chi connectivity index (χ0v) is 6.60. The summed E-state index contributed by atoms with van der Waals surface area (Å²) in [6, 6.07) is 0. The Morgan fingerprint density at radius 3 is 3.00 bits per heavy atom. The molecule has 1 fully saturated rings. The van der Waals surface area contributed by atoms with Crippen molar-refractivity contribution in [2.45, 2.75) is 32.3 Å². The predicted molar refractivity (Wildman–Crippen MR) is 40.4 cm³/mol. The van der Waals surface area contributed by atoms with Crippen molar-refractivity contribution in [3.63, 3.8) is 0 Å². The summed E-state index contributed by atoms with van der Waals surface area (Å²) < 4.78 is 0. The first kappa shape index (κ1) is 8.02. The largest absolute Gasteiger partial charge is 0.316 e. The number of rotatable bonds is 1. The molecule has 0 amide bonds. The minimum Gasteiger partial charge on any atom is -0.316 e. The van der Waals surface area contributed by atoms with Crippen molar-refractivity contribution >= 4 is 0 Å². The second kappa shape index (κ2) is 3.94. The summed E-state index contributed by atoms with van der Waals surface area (Å²) >= 11 is 0. The van der Waals surface area contributed by atoms with E-state index in [1.807, 2.05) is 0 Å². The molecule has 0 aromatic rings. The van der Waals surface area contributed by atoms with Crippen LogP contribution in [-0.4, -0.2) is 19.2 Å². The van der Waals surface area contributed by atoms with Gasteiger partial charge in [-0.2, -0.15) is 0 Å². The number of nitrogens with one attached hydrogen (secondary N) is 1. The second-order valence-electron chi connectivity index (χ2n) is 3.17. The fraction of sp³-hybridized carbons (Fsp3) is 1.00. The Morgan fingerprint density at radius 2 is 2.30 bits per heavy atom. The van der Waals surface area contributed by atoms with Crippen molar-refractivity contribution in [2.75, 3.05) is 13.1 Å². The van der Waals surface area contributed by atoms with E-state index in [2.05, 4.69) is 5.32 Å². The predicted octanol–water partition coefficient (Wildman–Crippen LogP) is 1.20. The topological polar surface area (TPSA) is 31.9 Å². The van der Waals surface area contributed by atoms with Gasteiger partial charge in [-0.1, -0.05) is 6.42 Å². The van der Waals surface area contributed by atoms with Crippen LogP contribution in [0.25, 0.3) is 0 Å². The highest BCUT2D eigenvalue weighted by Gasteiger charge is 2.17. The maximum atomic E-state index is 11.0. The van der Waals surface area contributed by atoms with Crippen LogP contribution in [0, 0.1) is 5.92 Å². The molecule has 0 saturated carbocycles. The Hall–Kier alpha value is -0.0800. The minimum absolute atomic E-state index is 0.377. The second-order valence-corrected chi connectivity index (χ2v) is 3.17. The molecule has 1 saturated heterocycles. The zero-order chi connectivity index (χ0) is 7.40. The van der Waals surface area contributed by atoms with Crippen LogP contribution in [0.2, 0.25) is 0 Å². The zero-order valence-electron chi connectivity index (χ0n) is 6.60. The summed E-state index contributed by atoms with van der Waals surface area (Å²) in [7, 11) is 0. The van der Waals surface area contributed by atoms with Gasteiger partial charge in [0.15, 0.2) is 0 Å². The van der Waals surface area contributed by atoms with E-state index in [1.54, 1.807) is 6.92 Å². The van der Waals surface area contributed by atoms with Gasteiger partial charge in [0.1, 0.15) is 0 Å². The van der Waals surface area contributed by atoms with Gasteiger partial charge in [0, 0.05) is 12.5 Å². The smallest absolute Gasteiger partial charge is 0.0942 e. The summed E-state index contributed by atoms with van der Waals surface area (Å²) in [6.07, 6.45) is 3.20. The maximum absolute atomic E-state index is 11.0. The first-order valence-electron chi connectivity index (χ1n) is 4.17. The molecule has 0 aromatic carbocycles. The first-order chi connectivity index (χ1) is 4.80. The number of hydrogen-bond acceptors (Lipinski definition) is 1. The van der Waals surface area contributed by atoms with E-state index in [9.17, 15) is 5.11 Å². The molecule has 0 aromatic heterocycles. The van der Waals surface area contributed by atoms with E-state index in [4.69, 9.17) is 0 Å². The van der Waals surface area contributed by atoms with E-state index < -0.39 is 0 Å². The third kappa shape index (κ3) is 2.27. The van der Waals surface area contributed by atoms with Crippen LogP contribution in [0.4, 0.5) is 0 Å². The van der Waals surface area contributed by atoms with Crippen LogP contribution in [0.3, 0.4) is 0 Å². The molecule has 0 bridgehead atoms. The van der Waals surface area contributed by atoms with Crippen LogP contribution >= 0.6 is 0 Å². The molecule has 1 aliphatic rings. The SMILES string of the molecule is CC([O])C1CCCCNC1. The van der Waals surface area contributed by atoms with Gasteiger partial charge in [0.25, 0.3) is 0 Å². The van der Waals surface area contributed by atoms with Crippen LogP contribution in [0.1, 0.15) is 26.2 Å². The standard InChI is InChI=1S/C8H16NO/c1-7(10)8-4-2-3-5-9-6-8/h7-9H,2-6H2,1H3. The molecule has 59 valence electrons. The van der Waals surface area contributed by atoms with Gasteiger partial charge in [-0.15, -0.1) is 0 Å². The average molecular weight is 142 g/mol. The summed E-state index contributed by atoms with van der Waals surface area (Å²) in [6.45, 7) is 3.81. The summed E-state index contributed by atoms with van der Waals surface area (Å²) in [4.78, 5) is 0. The molecular weight excluding hydrogens is 126 g/mol. The maximum Gasteiger partial charge on any atom is 0.0942 e. The third-order valence-electron chi connectivity index (χ3n) is 2.25. The molecule has 10 heavy (non-hydrogen) atoms. The summed E-state index contributed by atoms with van der Waals surface area (Å²) in [5.74, 6) is 0.377. The highest BCUT2D eigenvalue weighted by atomic mass is 16.3. The highest BCUT2D eigenvalue weighted by molar-refractivity contribution is 4.70. The molecule has 1 rings (SSSR count). The Kier molecular flexibility index (Phi) is 3.16. The fourth-order valence-corrected chi connectivity index (χ4v) is 1.45. The Labute approximate surface area is 62.6 Å². The van der Waals surface area contributed by atoms with Gasteiger partial charge in [-0.25, -0.2) is 5.11 Å². The van der Waals surface area contributed by atoms with Crippen molar-refractivity contribution in [3.05, 3.63) is 0 Å².